The van der Waals surface area contributed by atoms with Gasteiger partial charge in [-0.25, -0.2) is 13.1 Å². The minimum atomic E-state index is -3.63. The van der Waals surface area contributed by atoms with Crippen LogP contribution in [0, 0.1) is 0 Å². The Kier molecular flexibility index (Phi) is 5.11. The normalized spacial score (nSPS) is 17.9. The van der Waals surface area contributed by atoms with Gasteiger partial charge >= 0.3 is 0 Å². The Labute approximate surface area is 129 Å². The zero-order valence-corrected chi connectivity index (χ0v) is 13.5. The lowest BCUT2D eigenvalue weighted by atomic mass is 10.2. The summed E-state index contributed by atoms with van der Waals surface area (Å²) < 4.78 is 42.7. The monoisotopic (exact) mass is 335 g/mol. The maximum absolute atomic E-state index is 12.2. The molecule has 21 heavy (non-hydrogen) atoms. The van der Waals surface area contributed by atoms with Crippen molar-refractivity contribution in [1.29, 1.82) is 0 Å². The second-order valence-electron chi connectivity index (χ2n) is 4.77. The number of nitrogens with one attached hydrogen (secondary N) is 1. The predicted molar refractivity (Wildman–Crippen MR) is 78.1 cm³/mol. The van der Waals surface area contributed by atoms with Gasteiger partial charge in [-0.3, -0.25) is 0 Å². The van der Waals surface area contributed by atoms with Gasteiger partial charge in [0.15, 0.2) is 5.79 Å². The molecule has 0 aromatic heterocycles. The van der Waals surface area contributed by atoms with Crippen LogP contribution in [0.15, 0.2) is 23.1 Å². The first-order chi connectivity index (χ1) is 9.86. The molecule has 1 aliphatic heterocycles. The summed E-state index contributed by atoms with van der Waals surface area (Å²) in [6.07, 6.45) is 0.427. The SMILES string of the molecule is COc1ccc(S(=O)(=O)NCCC2(C)OCCO2)cc1Cl. The smallest absolute Gasteiger partial charge is 0.240 e. The van der Waals surface area contributed by atoms with E-state index in [0.29, 0.717) is 25.4 Å². The van der Waals surface area contributed by atoms with Gasteiger partial charge in [-0.1, -0.05) is 11.6 Å². The third-order valence-corrected chi connectivity index (χ3v) is 4.96. The lowest BCUT2D eigenvalue weighted by Gasteiger charge is -2.22. The maximum atomic E-state index is 12.2. The number of hydrogen-bond acceptors (Lipinski definition) is 5. The Balaban J connectivity index is 1.99. The van der Waals surface area contributed by atoms with Crippen molar-refractivity contribution in [2.45, 2.75) is 24.0 Å². The highest BCUT2D eigenvalue weighted by atomic mass is 35.5. The summed E-state index contributed by atoms with van der Waals surface area (Å²) in [5, 5.41) is 0.245. The maximum Gasteiger partial charge on any atom is 0.240 e. The largest absolute Gasteiger partial charge is 0.495 e. The fourth-order valence-electron chi connectivity index (χ4n) is 2.01. The molecule has 0 spiro atoms. The van der Waals surface area contributed by atoms with E-state index in [4.69, 9.17) is 25.8 Å². The molecule has 8 heteroatoms. The molecular weight excluding hydrogens is 318 g/mol. The Morgan fingerprint density at radius 1 is 1.38 bits per heavy atom. The molecule has 0 saturated carbocycles. The Morgan fingerprint density at radius 3 is 2.62 bits per heavy atom. The van der Waals surface area contributed by atoms with Crippen LogP contribution in [0.3, 0.4) is 0 Å². The van der Waals surface area contributed by atoms with Crippen LogP contribution in [0.25, 0.3) is 0 Å². The summed E-state index contributed by atoms with van der Waals surface area (Å²) >= 11 is 5.94. The Morgan fingerprint density at radius 2 is 2.05 bits per heavy atom. The van der Waals surface area contributed by atoms with Crippen molar-refractivity contribution in [3.63, 3.8) is 0 Å². The third kappa shape index (κ3) is 4.08. The van der Waals surface area contributed by atoms with Crippen molar-refractivity contribution in [2.75, 3.05) is 26.9 Å². The molecule has 1 N–H and O–H groups in total. The van der Waals surface area contributed by atoms with E-state index in [9.17, 15) is 8.42 Å². The van der Waals surface area contributed by atoms with Crippen molar-refractivity contribution in [2.24, 2.45) is 0 Å². The quantitative estimate of drug-likeness (QED) is 0.857. The van der Waals surface area contributed by atoms with Gasteiger partial charge in [-0.05, 0) is 25.1 Å². The standard InChI is InChI=1S/C13H18ClNO5S/c1-13(19-7-8-20-13)5-6-15-21(16,17)10-3-4-12(18-2)11(14)9-10/h3-4,9,15H,5-8H2,1-2H3. The van der Waals surface area contributed by atoms with Gasteiger partial charge < -0.3 is 14.2 Å². The van der Waals surface area contributed by atoms with Crippen molar-refractivity contribution in [1.82, 2.24) is 4.72 Å². The second-order valence-corrected chi connectivity index (χ2v) is 6.95. The van der Waals surface area contributed by atoms with E-state index >= 15 is 0 Å². The van der Waals surface area contributed by atoms with E-state index in [2.05, 4.69) is 4.72 Å². The zero-order chi connectivity index (χ0) is 15.5. The molecule has 0 radical (unpaired) electrons. The van der Waals surface area contributed by atoms with Crippen molar-refractivity contribution in [3.05, 3.63) is 23.2 Å². The van der Waals surface area contributed by atoms with Crippen LogP contribution in [0.5, 0.6) is 5.75 Å². The Hall–Kier alpha value is -0.860. The number of rotatable bonds is 6. The second kappa shape index (κ2) is 6.50. The lowest BCUT2D eigenvalue weighted by Crippen LogP contribution is -2.33. The van der Waals surface area contributed by atoms with Crippen LogP contribution >= 0.6 is 11.6 Å². The van der Waals surface area contributed by atoms with Crippen LogP contribution < -0.4 is 9.46 Å². The summed E-state index contributed by atoms with van der Waals surface area (Å²) in [5.74, 6) is -0.295. The number of methoxy groups -OCH3 is 1. The van der Waals surface area contributed by atoms with Crippen LogP contribution in [-0.2, 0) is 19.5 Å². The average molecular weight is 336 g/mol. The van der Waals surface area contributed by atoms with Crippen LogP contribution in [0.4, 0.5) is 0 Å². The van der Waals surface area contributed by atoms with Gasteiger partial charge in [0.1, 0.15) is 5.75 Å². The van der Waals surface area contributed by atoms with E-state index in [1.54, 1.807) is 6.92 Å². The summed E-state index contributed by atoms with van der Waals surface area (Å²) in [6, 6.07) is 4.31. The number of sulfonamides is 1. The highest BCUT2D eigenvalue weighted by Crippen LogP contribution is 2.27. The molecule has 0 unspecified atom stereocenters. The van der Waals surface area contributed by atoms with Gasteiger partial charge in [-0.15, -0.1) is 0 Å². The summed E-state index contributed by atoms with van der Waals surface area (Å²) in [5.41, 5.74) is 0. The summed E-state index contributed by atoms with van der Waals surface area (Å²) in [7, 11) is -2.16. The molecule has 0 aliphatic carbocycles. The zero-order valence-electron chi connectivity index (χ0n) is 11.9. The van der Waals surface area contributed by atoms with E-state index in [1.165, 1.54) is 25.3 Å². The fraction of sp³-hybridized carbons (Fsp3) is 0.538. The molecule has 1 aromatic rings. The van der Waals surface area contributed by atoms with E-state index < -0.39 is 15.8 Å². The molecule has 2 rings (SSSR count). The summed E-state index contributed by atoms with van der Waals surface area (Å²) in [6.45, 7) is 3.05. The molecule has 1 heterocycles. The number of hydrogen-bond donors (Lipinski definition) is 1. The van der Waals surface area contributed by atoms with Gasteiger partial charge in [-0.2, -0.15) is 0 Å². The first-order valence-corrected chi connectivity index (χ1v) is 8.33. The van der Waals surface area contributed by atoms with Gasteiger partial charge in [0.2, 0.25) is 10.0 Å². The number of halogens is 1. The topological polar surface area (TPSA) is 73.9 Å². The van der Waals surface area contributed by atoms with Gasteiger partial charge in [0.25, 0.3) is 0 Å². The van der Waals surface area contributed by atoms with Crippen LogP contribution in [-0.4, -0.2) is 41.1 Å². The minimum Gasteiger partial charge on any atom is -0.495 e. The lowest BCUT2D eigenvalue weighted by molar-refractivity contribution is -0.145. The first kappa shape index (κ1) is 16.5. The van der Waals surface area contributed by atoms with Crippen molar-refractivity contribution in [3.8, 4) is 5.75 Å². The molecule has 0 amide bonds. The van der Waals surface area contributed by atoms with Crippen LogP contribution in [0.2, 0.25) is 5.02 Å². The highest BCUT2D eigenvalue weighted by molar-refractivity contribution is 7.89. The van der Waals surface area contributed by atoms with E-state index in [1.807, 2.05) is 0 Å². The molecule has 6 nitrogen and oxygen atoms in total. The van der Waals surface area contributed by atoms with Crippen molar-refractivity contribution >= 4 is 21.6 Å². The Bertz CT molecular complexity index is 599. The first-order valence-electron chi connectivity index (χ1n) is 6.47. The van der Waals surface area contributed by atoms with Crippen molar-refractivity contribution < 1.29 is 22.6 Å². The van der Waals surface area contributed by atoms with Gasteiger partial charge in [0, 0.05) is 13.0 Å². The van der Waals surface area contributed by atoms with Gasteiger partial charge in [0.05, 0.1) is 30.2 Å². The predicted octanol–water partition coefficient (Wildman–Crippen LogP) is 1.78. The molecule has 1 aliphatic rings. The number of ether oxygens (including phenoxy) is 3. The molecule has 0 atom stereocenters. The average Bonchev–Trinajstić information content (AvgIpc) is 2.85. The molecule has 1 saturated heterocycles. The van der Waals surface area contributed by atoms with Crippen LogP contribution in [0.1, 0.15) is 13.3 Å². The van der Waals surface area contributed by atoms with E-state index in [0.717, 1.165) is 0 Å². The third-order valence-electron chi connectivity index (χ3n) is 3.20. The molecule has 1 aromatic carbocycles. The molecule has 0 bridgehead atoms. The summed E-state index contributed by atoms with van der Waals surface area (Å²) in [4.78, 5) is 0.0895. The fourth-order valence-corrected chi connectivity index (χ4v) is 3.39. The molecule has 118 valence electrons. The molecule has 1 fully saturated rings. The van der Waals surface area contributed by atoms with E-state index in [-0.39, 0.29) is 16.5 Å². The molecular formula is C13H18ClNO5S. The minimum absolute atomic E-state index is 0.0895. The number of benzene rings is 1. The highest BCUT2D eigenvalue weighted by Gasteiger charge is 2.30.